The van der Waals surface area contributed by atoms with Gasteiger partial charge in [-0.1, -0.05) is 66.2 Å². The molecule has 4 heteroatoms. The Morgan fingerprint density at radius 1 is 0.871 bits per heavy atom. The Balaban J connectivity index is 1.64. The monoisotopic (exact) mass is 409 g/mol. The van der Waals surface area contributed by atoms with Gasteiger partial charge in [0.2, 0.25) is 11.8 Å². The summed E-state index contributed by atoms with van der Waals surface area (Å²) in [6, 6.07) is 21.8. The average molecular weight is 409 g/mol. The summed E-state index contributed by atoms with van der Waals surface area (Å²) in [7, 11) is 0. The van der Waals surface area contributed by atoms with Gasteiger partial charge in [-0.25, -0.2) is 4.90 Å². The minimum atomic E-state index is -0.910. The van der Waals surface area contributed by atoms with E-state index in [4.69, 9.17) is 0 Å². The van der Waals surface area contributed by atoms with E-state index in [-0.39, 0.29) is 24.3 Å². The van der Waals surface area contributed by atoms with E-state index in [1.807, 2.05) is 80.6 Å². The third-order valence-corrected chi connectivity index (χ3v) is 7.64. The lowest BCUT2D eigenvalue weighted by atomic mass is 9.47. The second-order valence-corrected chi connectivity index (χ2v) is 9.09. The number of benzene rings is 3. The van der Waals surface area contributed by atoms with Crippen LogP contribution >= 0.6 is 0 Å². The molecule has 3 aliphatic carbocycles. The molecule has 0 aromatic heterocycles. The molecule has 2 unspecified atom stereocenters. The molecule has 1 aliphatic heterocycles. The predicted molar refractivity (Wildman–Crippen MR) is 118 cm³/mol. The second-order valence-electron chi connectivity index (χ2n) is 9.09. The summed E-state index contributed by atoms with van der Waals surface area (Å²) in [5, 5.41) is 10.9. The summed E-state index contributed by atoms with van der Waals surface area (Å²) < 4.78 is 0. The number of aliphatic hydroxyl groups is 1. The van der Waals surface area contributed by atoms with Crippen LogP contribution in [0.5, 0.6) is 0 Å². The molecule has 2 atom stereocenters. The zero-order valence-electron chi connectivity index (χ0n) is 17.5. The van der Waals surface area contributed by atoms with Crippen molar-refractivity contribution in [3.8, 4) is 0 Å². The lowest BCUT2D eigenvalue weighted by Gasteiger charge is -2.53. The van der Waals surface area contributed by atoms with Gasteiger partial charge < -0.3 is 5.11 Å². The number of imide groups is 1. The highest BCUT2D eigenvalue weighted by Gasteiger charge is 2.68. The molecule has 2 amide bonds. The molecule has 154 valence electrons. The first-order chi connectivity index (χ1) is 15.0. The van der Waals surface area contributed by atoms with Crippen LogP contribution in [0.25, 0.3) is 0 Å². The van der Waals surface area contributed by atoms with Crippen molar-refractivity contribution in [1.82, 2.24) is 0 Å². The summed E-state index contributed by atoms with van der Waals surface area (Å²) in [6.07, 6.45) is 0. The van der Waals surface area contributed by atoms with Crippen molar-refractivity contribution in [3.05, 3.63) is 100 Å². The van der Waals surface area contributed by atoms with Gasteiger partial charge in [0, 0.05) is 5.92 Å². The maximum absolute atomic E-state index is 14.0. The zero-order valence-corrected chi connectivity index (χ0v) is 17.5. The molecule has 1 N–H and O–H groups in total. The highest BCUT2D eigenvalue weighted by Crippen LogP contribution is 2.64. The normalized spacial score (nSPS) is 27.8. The fourth-order valence-electron chi connectivity index (χ4n) is 6.49. The number of carbonyl (C=O) groups is 2. The number of hydrogen-bond donors (Lipinski definition) is 1. The predicted octanol–water partition coefficient (Wildman–Crippen LogP) is 3.85. The van der Waals surface area contributed by atoms with E-state index in [1.54, 1.807) is 0 Å². The second kappa shape index (κ2) is 6.14. The molecule has 1 heterocycles. The Hall–Kier alpha value is -3.24. The summed E-state index contributed by atoms with van der Waals surface area (Å²) >= 11 is 0. The molecular weight excluding hydrogens is 386 g/mol. The molecule has 0 saturated carbocycles. The maximum Gasteiger partial charge on any atom is 0.239 e. The first-order valence-corrected chi connectivity index (χ1v) is 10.8. The van der Waals surface area contributed by atoms with Gasteiger partial charge in [0.05, 0.1) is 29.5 Å². The third kappa shape index (κ3) is 2.08. The molecule has 2 bridgehead atoms. The van der Waals surface area contributed by atoms with Crippen molar-refractivity contribution in [3.63, 3.8) is 0 Å². The van der Waals surface area contributed by atoms with Gasteiger partial charge in [-0.05, 0) is 47.7 Å². The largest absolute Gasteiger partial charge is 0.395 e. The van der Waals surface area contributed by atoms with Crippen LogP contribution in [-0.2, 0) is 15.0 Å². The molecule has 3 aromatic rings. The molecule has 3 aromatic carbocycles. The maximum atomic E-state index is 14.0. The molecular formula is C27H23NO3. The van der Waals surface area contributed by atoms with Crippen LogP contribution in [0.1, 0.15) is 39.3 Å². The van der Waals surface area contributed by atoms with Crippen molar-refractivity contribution in [1.29, 1.82) is 0 Å². The molecule has 4 nitrogen and oxygen atoms in total. The smallest absolute Gasteiger partial charge is 0.239 e. The Morgan fingerprint density at radius 2 is 1.48 bits per heavy atom. The van der Waals surface area contributed by atoms with Crippen LogP contribution < -0.4 is 4.90 Å². The summed E-state index contributed by atoms with van der Waals surface area (Å²) in [6.45, 7) is 3.72. The summed E-state index contributed by atoms with van der Waals surface area (Å²) in [5.74, 6) is -1.66. The fraction of sp³-hybridized carbons (Fsp3) is 0.259. The third-order valence-electron chi connectivity index (χ3n) is 7.64. The van der Waals surface area contributed by atoms with E-state index in [2.05, 4.69) is 0 Å². The number of hydrogen-bond acceptors (Lipinski definition) is 3. The minimum Gasteiger partial charge on any atom is -0.395 e. The SMILES string of the molecule is Cc1ccc(N2C(=O)C3C4c5ccccc5C(CO)(c5ccccc54)C3C2=O)c(C)c1. The Kier molecular flexibility index (Phi) is 3.67. The van der Waals surface area contributed by atoms with Gasteiger partial charge in [-0.15, -0.1) is 0 Å². The summed E-state index contributed by atoms with van der Waals surface area (Å²) in [5.41, 5.74) is 5.80. The van der Waals surface area contributed by atoms with Gasteiger partial charge in [0.1, 0.15) is 0 Å². The zero-order chi connectivity index (χ0) is 21.5. The lowest BCUT2D eigenvalue weighted by Crippen LogP contribution is -2.55. The van der Waals surface area contributed by atoms with Crippen molar-refractivity contribution in [2.45, 2.75) is 25.2 Å². The Morgan fingerprint density at radius 3 is 2.06 bits per heavy atom. The van der Waals surface area contributed by atoms with Gasteiger partial charge in [-0.2, -0.15) is 0 Å². The number of rotatable bonds is 2. The standard InChI is InChI=1S/C27H23NO3/c1-15-11-12-21(16(2)13-15)28-25(30)23-22-17-7-3-5-9-19(17)27(14-29,24(23)26(28)31)20-10-6-4-8-18(20)22/h3-13,22-24,29H,14H2,1-2H3. The van der Waals surface area contributed by atoms with Crippen molar-refractivity contribution in [2.24, 2.45) is 11.8 Å². The van der Waals surface area contributed by atoms with Gasteiger partial charge in [-0.3, -0.25) is 9.59 Å². The number of aliphatic hydroxyl groups excluding tert-OH is 1. The van der Waals surface area contributed by atoms with E-state index >= 15 is 0 Å². The molecule has 1 fully saturated rings. The average Bonchev–Trinajstić information content (AvgIpc) is 3.05. The molecule has 7 rings (SSSR count). The number of amides is 2. The van der Waals surface area contributed by atoms with E-state index in [0.717, 1.165) is 33.4 Å². The van der Waals surface area contributed by atoms with Crippen LogP contribution in [0.15, 0.2) is 66.7 Å². The molecule has 4 aliphatic rings. The van der Waals surface area contributed by atoms with E-state index in [1.165, 1.54) is 4.90 Å². The number of anilines is 1. The van der Waals surface area contributed by atoms with E-state index < -0.39 is 17.3 Å². The van der Waals surface area contributed by atoms with Gasteiger partial charge >= 0.3 is 0 Å². The number of aryl methyl sites for hydroxylation is 2. The first kappa shape index (κ1) is 18.5. The van der Waals surface area contributed by atoms with Crippen molar-refractivity contribution in [2.75, 3.05) is 11.5 Å². The number of nitrogens with zero attached hydrogens (tertiary/aromatic N) is 1. The van der Waals surface area contributed by atoms with Crippen LogP contribution in [0.2, 0.25) is 0 Å². The van der Waals surface area contributed by atoms with Crippen molar-refractivity contribution >= 4 is 17.5 Å². The Labute approximate surface area is 181 Å². The highest BCUT2D eigenvalue weighted by molar-refractivity contribution is 6.24. The van der Waals surface area contributed by atoms with Crippen LogP contribution in [0, 0.1) is 25.7 Å². The molecule has 31 heavy (non-hydrogen) atoms. The fourth-order valence-corrected chi connectivity index (χ4v) is 6.49. The van der Waals surface area contributed by atoms with Crippen LogP contribution in [-0.4, -0.2) is 23.5 Å². The van der Waals surface area contributed by atoms with Crippen LogP contribution in [0.3, 0.4) is 0 Å². The molecule has 0 radical (unpaired) electrons. The Bertz CT molecular complexity index is 1230. The first-order valence-electron chi connectivity index (χ1n) is 10.8. The number of carbonyl (C=O) groups excluding carboxylic acids is 2. The molecule has 0 spiro atoms. The highest BCUT2D eigenvalue weighted by atomic mass is 16.3. The van der Waals surface area contributed by atoms with E-state index in [9.17, 15) is 14.7 Å². The van der Waals surface area contributed by atoms with Gasteiger partial charge in [0.25, 0.3) is 0 Å². The van der Waals surface area contributed by atoms with Crippen LogP contribution in [0.4, 0.5) is 5.69 Å². The minimum absolute atomic E-state index is 0.159. The quantitative estimate of drug-likeness (QED) is 0.654. The van der Waals surface area contributed by atoms with Gasteiger partial charge in [0.15, 0.2) is 0 Å². The molecule has 1 saturated heterocycles. The summed E-state index contributed by atoms with van der Waals surface area (Å²) in [4.78, 5) is 29.2. The van der Waals surface area contributed by atoms with Crippen molar-refractivity contribution < 1.29 is 14.7 Å². The topological polar surface area (TPSA) is 57.6 Å². The van der Waals surface area contributed by atoms with E-state index in [0.29, 0.717) is 5.69 Å². The lowest BCUT2D eigenvalue weighted by molar-refractivity contribution is -0.124.